The Morgan fingerprint density at radius 2 is 1.79 bits per heavy atom. The predicted octanol–water partition coefficient (Wildman–Crippen LogP) is 4.46. The predicted molar refractivity (Wildman–Crippen MR) is 69.3 cm³/mol. The van der Waals surface area contributed by atoms with Crippen LogP contribution in [-0.2, 0) is 0 Å². The first-order valence-corrected chi connectivity index (χ1v) is 6.38. The maximum Gasteiger partial charge on any atom is 0.397 e. The highest BCUT2D eigenvalue weighted by atomic mass is 19.4. The lowest BCUT2D eigenvalue weighted by Crippen LogP contribution is -2.37. The summed E-state index contributed by atoms with van der Waals surface area (Å²) in [6.07, 6.45) is -2.60. The molecule has 0 saturated carbocycles. The van der Waals surface area contributed by atoms with Gasteiger partial charge in [0, 0.05) is 18.3 Å². The molecule has 0 atom stereocenters. The van der Waals surface area contributed by atoms with E-state index in [2.05, 4.69) is 5.10 Å². The normalized spacial score (nSPS) is 12.1. The Morgan fingerprint density at radius 3 is 2.16 bits per heavy atom. The molecule has 1 aromatic heterocycles. The Kier molecular flexibility index (Phi) is 6.39. The van der Waals surface area contributed by atoms with Gasteiger partial charge < -0.3 is 4.74 Å². The molecule has 0 aliphatic heterocycles. The second-order valence-corrected chi connectivity index (χ2v) is 4.90. The summed E-state index contributed by atoms with van der Waals surface area (Å²) in [7, 11) is 0. The lowest BCUT2D eigenvalue weighted by atomic mass is 9.94. The molecule has 19 heavy (non-hydrogen) atoms. The molecule has 0 spiro atoms. The second-order valence-electron chi connectivity index (χ2n) is 4.90. The molecule has 1 heterocycles. The van der Waals surface area contributed by atoms with Gasteiger partial charge in [-0.1, -0.05) is 13.8 Å². The van der Waals surface area contributed by atoms with Gasteiger partial charge >= 0.3 is 6.18 Å². The van der Waals surface area contributed by atoms with Crippen LogP contribution in [0.25, 0.3) is 0 Å². The number of nitrogens with zero attached hydrogens (tertiary/aromatic N) is 2. The van der Waals surface area contributed by atoms with E-state index >= 15 is 0 Å². The Balaban J connectivity index is 0.00000154. The van der Waals surface area contributed by atoms with Crippen LogP contribution in [0.4, 0.5) is 13.2 Å². The largest absolute Gasteiger partial charge is 0.476 e. The molecule has 1 aromatic rings. The highest BCUT2D eigenvalue weighted by molar-refractivity contribution is 5.06. The molecule has 0 bridgehead atoms. The van der Waals surface area contributed by atoms with E-state index in [1.165, 1.54) is 0 Å². The maximum absolute atomic E-state index is 12.6. The van der Waals surface area contributed by atoms with Gasteiger partial charge in [-0.05, 0) is 27.7 Å². The lowest BCUT2D eigenvalue weighted by molar-refractivity contribution is -0.219. The Bertz CT molecular complexity index is 370. The van der Waals surface area contributed by atoms with Crippen molar-refractivity contribution in [2.24, 2.45) is 5.41 Å². The summed E-state index contributed by atoms with van der Waals surface area (Å²) in [6.45, 7) is 9.62. The molecule has 0 N–H and O–H groups in total. The van der Waals surface area contributed by atoms with Gasteiger partial charge in [-0.3, -0.25) is 4.68 Å². The minimum atomic E-state index is -4.28. The van der Waals surface area contributed by atoms with Crippen LogP contribution in [0.3, 0.4) is 0 Å². The van der Waals surface area contributed by atoms with Crippen molar-refractivity contribution in [3.05, 3.63) is 12.3 Å². The van der Waals surface area contributed by atoms with Crippen LogP contribution in [0, 0.1) is 5.41 Å². The number of hydrogen-bond acceptors (Lipinski definition) is 2. The van der Waals surface area contributed by atoms with Gasteiger partial charge in [0.1, 0.15) is 6.61 Å². The highest BCUT2D eigenvalue weighted by Gasteiger charge is 2.48. The third-order valence-electron chi connectivity index (χ3n) is 2.46. The molecule has 0 radical (unpaired) electrons. The second kappa shape index (κ2) is 6.82. The van der Waals surface area contributed by atoms with Crippen LogP contribution >= 0.6 is 0 Å². The Hall–Kier alpha value is -1.20. The minimum absolute atomic E-state index is 0.156. The summed E-state index contributed by atoms with van der Waals surface area (Å²) in [4.78, 5) is 0. The fourth-order valence-corrected chi connectivity index (χ4v) is 1.02. The molecular formula is C13H23F3N2O. The van der Waals surface area contributed by atoms with E-state index in [1.807, 2.05) is 27.7 Å². The van der Waals surface area contributed by atoms with Crippen molar-refractivity contribution >= 4 is 0 Å². The number of hydrogen-bond donors (Lipinski definition) is 0. The fourth-order valence-electron chi connectivity index (χ4n) is 1.02. The van der Waals surface area contributed by atoms with E-state index in [0.717, 1.165) is 13.8 Å². The van der Waals surface area contributed by atoms with Gasteiger partial charge in [-0.2, -0.15) is 13.2 Å². The zero-order valence-electron chi connectivity index (χ0n) is 12.4. The first-order chi connectivity index (χ1) is 8.63. The standard InChI is InChI=1S/C11H17F3N2O.C2H6/c1-8(2)16-6-5-9(15-16)17-7-10(3,4)11(12,13)14;1-2/h5-6,8H,7H2,1-4H3;1-2H3. The number of aromatic nitrogens is 2. The summed E-state index contributed by atoms with van der Waals surface area (Å²) >= 11 is 0. The molecule has 0 aliphatic carbocycles. The molecule has 6 heteroatoms. The van der Waals surface area contributed by atoms with Crippen LogP contribution in [0.1, 0.15) is 47.6 Å². The minimum Gasteiger partial charge on any atom is -0.476 e. The van der Waals surface area contributed by atoms with Gasteiger partial charge in [0.2, 0.25) is 5.88 Å². The molecule has 3 nitrogen and oxygen atoms in total. The van der Waals surface area contributed by atoms with Crippen molar-refractivity contribution in [1.29, 1.82) is 0 Å². The smallest absolute Gasteiger partial charge is 0.397 e. The summed E-state index contributed by atoms with van der Waals surface area (Å²) in [5, 5.41) is 4.02. The Labute approximate surface area is 112 Å². The lowest BCUT2D eigenvalue weighted by Gasteiger charge is -2.26. The van der Waals surface area contributed by atoms with Crippen LogP contribution in [0.15, 0.2) is 12.3 Å². The first-order valence-electron chi connectivity index (χ1n) is 6.38. The van der Waals surface area contributed by atoms with Crippen molar-refractivity contribution in [3.63, 3.8) is 0 Å². The van der Waals surface area contributed by atoms with Crippen LogP contribution in [-0.4, -0.2) is 22.6 Å². The molecule has 0 aliphatic rings. The van der Waals surface area contributed by atoms with E-state index in [4.69, 9.17) is 4.74 Å². The van der Waals surface area contributed by atoms with Gasteiger partial charge in [0.25, 0.3) is 0 Å². The third-order valence-corrected chi connectivity index (χ3v) is 2.46. The number of rotatable bonds is 4. The molecule has 0 fully saturated rings. The maximum atomic E-state index is 12.6. The van der Waals surface area contributed by atoms with E-state index in [0.29, 0.717) is 0 Å². The quantitative estimate of drug-likeness (QED) is 0.814. The van der Waals surface area contributed by atoms with Gasteiger partial charge in [0.05, 0.1) is 5.41 Å². The molecule has 0 unspecified atom stereocenters. The highest BCUT2D eigenvalue weighted by Crippen LogP contribution is 2.37. The average molecular weight is 280 g/mol. The SMILES string of the molecule is CC.CC(C)n1ccc(OCC(C)(C)C(F)(F)F)n1. The zero-order chi connectivity index (χ0) is 15.3. The molecule has 0 saturated heterocycles. The number of ether oxygens (including phenoxy) is 1. The summed E-state index contributed by atoms with van der Waals surface area (Å²) in [5.41, 5.74) is -1.88. The zero-order valence-corrected chi connectivity index (χ0v) is 12.4. The van der Waals surface area contributed by atoms with E-state index in [9.17, 15) is 13.2 Å². The van der Waals surface area contributed by atoms with Crippen molar-refractivity contribution in [2.45, 2.75) is 53.8 Å². The van der Waals surface area contributed by atoms with E-state index in [1.54, 1.807) is 16.9 Å². The van der Waals surface area contributed by atoms with Crippen molar-refractivity contribution in [1.82, 2.24) is 9.78 Å². The van der Waals surface area contributed by atoms with Crippen LogP contribution in [0.5, 0.6) is 5.88 Å². The van der Waals surface area contributed by atoms with Gasteiger partial charge in [-0.25, -0.2) is 0 Å². The molecule has 0 aromatic carbocycles. The molecular weight excluding hydrogens is 257 g/mol. The molecule has 112 valence electrons. The topological polar surface area (TPSA) is 27.1 Å². The summed E-state index contributed by atoms with van der Waals surface area (Å²) < 4.78 is 44.4. The summed E-state index contributed by atoms with van der Waals surface area (Å²) in [6, 6.07) is 1.72. The monoisotopic (exact) mass is 280 g/mol. The summed E-state index contributed by atoms with van der Waals surface area (Å²) in [5.74, 6) is 0.219. The van der Waals surface area contributed by atoms with Gasteiger partial charge in [0.15, 0.2) is 0 Å². The first kappa shape index (κ1) is 17.8. The van der Waals surface area contributed by atoms with E-state index in [-0.39, 0.29) is 11.9 Å². The fraction of sp³-hybridized carbons (Fsp3) is 0.769. The van der Waals surface area contributed by atoms with Gasteiger partial charge in [-0.15, -0.1) is 5.10 Å². The average Bonchev–Trinajstić information content (AvgIpc) is 2.76. The number of halogens is 3. The van der Waals surface area contributed by atoms with Crippen molar-refractivity contribution in [3.8, 4) is 5.88 Å². The van der Waals surface area contributed by atoms with Crippen LogP contribution in [0.2, 0.25) is 0 Å². The Morgan fingerprint density at radius 1 is 1.26 bits per heavy atom. The van der Waals surface area contributed by atoms with E-state index < -0.39 is 18.2 Å². The van der Waals surface area contributed by atoms with Crippen molar-refractivity contribution in [2.75, 3.05) is 6.61 Å². The third kappa shape index (κ3) is 5.12. The molecule has 0 amide bonds. The number of alkyl halides is 3. The molecule has 1 rings (SSSR count). The van der Waals surface area contributed by atoms with Crippen LogP contribution < -0.4 is 4.74 Å². The van der Waals surface area contributed by atoms with Crippen molar-refractivity contribution < 1.29 is 17.9 Å².